The first-order valence-corrected chi connectivity index (χ1v) is 19.1. The molecule has 3 nitrogen and oxygen atoms in total. The molecule has 0 spiro atoms. The van der Waals surface area contributed by atoms with E-state index in [-0.39, 0.29) is 17.1 Å². The topological polar surface area (TPSA) is 42.0 Å². The third-order valence-corrected chi connectivity index (χ3v) is 13.7. The van der Waals surface area contributed by atoms with Crippen molar-refractivity contribution in [3.8, 4) is 11.5 Å². The monoisotopic (exact) mass is 520 g/mol. The number of rotatable bonds is 7. The van der Waals surface area contributed by atoms with E-state index in [2.05, 4.69) is 113 Å². The first kappa shape index (κ1) is 27.4. The predicted octanol–water partition coefficient (Wildman–Crippen LogP) is 5.52. The van der Waals surface area contributed by atoms with E-state index in [9.17, 15) is 5.11 Å². The Balaban J connectivity index is 1.68. The molecular formula is C31H44O3Si2. The van der Waals surface area contributed by atoms with Crippen molar-refractivity contribution in [2.45, 2.75) is 95.4 Å². The maximum Gasteiger partial charge on any atom is 0.261 e. The van der Waals surface area contributed by atoms with Crippen LogP contribution in [0.5, 0.6) is 0 Å². The Kier molecular flexibility index (Phi) is 8.05. The van der Waals surface area contributed by atoms with Gasteiger partial charge in [0.05, 0.1) is 12.7 Å². The number of benzene rings is 2. The van der Waals surface area contributed by atoms with Gasteiger partial charge in [-0.2, -0.15) is 0 Å². The molecule has 1 heterocycles. The molecule has 1 aliphatic carbocycles. The fourth-order valence-electron chi connectivity index (χ4n) is 5.85. The van der Waals surface area contributed by atoms with E-state index in [1.165, 1.54) is 29.6 Å². The van der Waals surface area contributed by atoms with Gasteiger partial charge in [-0.1, -0.05) is 126 Å². The lowest BCUT2D eigenvalue weighted by molar-refractivity contribution is 0.0350. The molecule has 2 aliphatic rings. The number of epoxide rings is 1. The van der Waals surface area contributed by atoms with Gasteiger partial charge in [0.15, 0.2) is 5.60 Å². The van der Waals surface area contributed by atoms with Crippen molar-refractivity contribution in [2.75, 3.05) is 6.61 Å². The highest BCUT2D eigenvalue weighted by atomic mass is 28.4. The highest BCUT2D eigenvalue weighted by Gasteiger charge is 2.63. The van der Waals surface area contributed by atoms with E-state index in [0.29, 0.717) is 6.61 Å². The van der Waals surface area contributed by atoms with Crippen molar-refractivity contribution in [1.29, 1.82) is 0 Å². The van der Waals surface area contributed by atoms with Gasteiger partial charge in [0.1, 0.15) is 14.2 Å². The SMILES string of the molecule is CC(C)(C)[Si](OC[C@H]1O[C@]1(C#C[Si](C)(C)C)[C@@H](O)C1CCCCC1)(c1ccccc1)c1ccccc1. The molecule has 0 unspecified atom stereocenters. The Morgan fingerprint density at radius 2 is 1.47 bits per heavy atom. The van der Waals surface area contributed by atoms with Crippen molar-refractivity contribution in [3.05, 3.63) is 60.7 Å². The van der Waals surface area contributed by atoms with Crippen LogP contribution >= 0.6 is 0 Å². The number of aliphatic hydroxyl groups excluding tert-OH is 1. The summed E-state index contributed by atoms with van der Waals surface area (Å²) in [7, 11) is -4.30. The number of aliphatic hydroxyl groups is 1. The third-order valence-electron chi connectivity index (χ3n) is 7.80. The van der Waals surface area contributed by atoms with Gasteiger partial charge < -0.3 is 14.3 Å². The van der Waals surface area contributed by atoms with Crippen molar-refractivity contribution in [3.63, 3.8) is 0 Å². The molecule has 1 saturated heterocycles. The number of ether oxygens (including phenoxy) is 1. The van der Waals surface area contributed by atoms with Crippen LogP contribution < -0.4 is 10.4 Å². The maximum atomic E-state index is 11.6. The normalized spacial score (nSPS) is 24.0. The summed E-state index contributed by atoms with van der Waals surface area (Å²) >= 11 is 0. The van der Waals surface area contributed by atoms with Crippen molar-refractivity contribution in [2.24, 2.45) is 5.92 Å². The lowest BCUT2D eigenvalue weighted by Crippen LogP contribution is -2.67. The van der Waals surface area contributed by atoms with Gasteiger partial charge in [-0.25, -0.2) is 0 Å². The molecule has 5 heteroatoms. The Morgan fingerprint density at radius 3 is 1.94 bits per heavy atom. The van der Waals surface area contributed by atoms with Gasteiger partial charge in [0, 0.05) is 0 Å². The minimum absolute atomic E-state index is 0.0980. The summed E-state index contributed by atoms with van der Waals surface area (Å²) in [5.74, 6) is 3.74. The lowest BCUT2D eigenvalue weighted by Gasteiger charge is -2.43. The van der Waals surface area contributed by atoms with Crippen LogP contribution in [0.15, 0.2) is 60.7 Å². The second kappa shape index (κ2) is 10.6. The Morgan fingerprint density at radius 1 is 0.944 bits per heavy atom. The zero-order valence-electron chi connectivity index (χ0n) is 23.0. The summed E-state index contributed by atoms with van der Waals surface area (Å²) in [5.41, 5.74) is 2.73. The van der Waals surface area contributed by atoms with E-state index in [1.807, 2.05) is 0 Å². The zero-order valence-corrected chi connectivity index (χ0v) is 25.0. The second-order valence-corrected chi connectivity index (χ2v) is 21.8. The molecule has 1 aliphatic heterocycles. The summed E-state index contributed by atoms with van der Waals surface area (Å²) in [4.78, 5) is 0. The molecule has 2 aromatic carbocycles. The Hall–Kier alpha value is -1.69. The van der Waals surface area contributed by atoms with Gasteiger partial charge in [0.2, 0.25) is 0 Å². The highest BCUT2D eigenvalue weighted by Crippen LogP contribution is 2.46. The fourth-order valence-corrected chi connectivity index (χ4v) is 11.0. The van der Waals surface area contributed by atoms with E-state index < -0.39 is 28.1 Å². The molecular weight excluding hydrogens is 477 g/mol. The smallest absolute Gasteiger partial charge is 0.261 e. The molecule has 0 amide bonds. The van der Waals surface area contributed by atoms with E-state index in [4.69, 9.17) is 9.16 Å². The molecule has 2 aromatic rings. The molecule has 0 bridgehead atoms. The third kappa shape index (κ3) is 5.59. The van der Waals surface area contributed by atoms with Crippen LogP contribution in [0.4, 0.5) is 0 Å². The van der Waals surface area contributed by atoms with Gasteiger partial charge in [0.25, 0.3) is 8.32 Å². The van der Waals surface area contributed by atoms with Crippen LogP contribution in [0.25, 0.3) is 0 Å². The molecule has 0 radical (unpaired) electrons. The van der Waals surface area contributed by atoms with Gasteiger partial charge in [-0.15, -0.1) is 5.54 Å². The number of hydrogen-bond acceptors (Lipinski definition) is 3. The molecule has 194 valence electrons. The van der Waals surface area contributed by atoms with E-state index in [1.54, 1.807) is 0 Å². The van der Waals surface area contributed by atoms with Crippen molar-refractivity contribution < 1.29 is 14.3 Å². The standard InChI is InChI=1S/C31H44O3Si2/c1-30(2,3)36(26-18-12-8-13-19-26,27-20-14-9-15-21-27)33-24-28-31(34-28,22-23-35(4,5)6)29(32)25-16-10-7-11-17-25/h8-9,12-15,18-21,25,28-29,32H,7,10-11,16-17,24H2,1-6H3/t28-,29+,31+/m1/s1. The largest absolute Gasteiger partial charge is 0.405 e. The van der Waals surface area contributed by atoms with Crippen LogP contribution in [-0.2, 0) is 9.16 Å². The van der Waals surface area contributed by atoms with Gasteiger partial charge >= 0.3 is 0 Å². The van der Waals surface area contributed by atoms with Crippen molar-refractivity contribution >= 4 is 26.8 Å². The summed E-state index contributed by atoms with van der Waals surface area (Å²) in [5, 5.41) is 14.0. The number of hydrogen-bond donors (Lipinski definition) is 1. The van der Waals surface area contributed by atoms with E-state index in [0.717, 1.165) is 12.8 Å². The zero-order chi connectivity index (χ0) is 26.0. The van der Waals surface area contributed by atoms with Crippen molar-refractivity contribution in [1.82, 2.24) is 0 Å². The summed E-state index contributed by atoms with van der Waals surface area (Å²) in [6.07, 6.45) is 4.98. The quantitative estimate of drug-likeness (QED) is 0.297. The second-order valence-electron chi connectivity index (χ2n) is 12.7. The lowest BCUT2D eigenvalue weighted by atomic mass is 9.79. The average Bonchev–Trinajstić information content (AvgIpc) is 3.58. The van der Waals surface area contributed by atoms with Gasteiger partial charge in [-0.05, 0) is 34.2 Å². The van der Waals surface area contributed by atoms with Crippen LogP contribution in [0.2, 0.25) is 24.7 Å². The van der Waals surface area contributed by atoms with Gasteiger partial charge in [-0.3, -0.25) is 0 Å². The molecule has 36 heavy (non-hydrogen) atoms. The van der Waals surface area contributed by atoms with Crippen LogP contribution in [0, 0.1) is 17.4 Å². The fraction of sp³-hybridized carbons (Fsp3) is 0.548. The Labute approximate surface area is 220 Å². The molecule has 3 atom stereocenters. The molecule has 4 rings (SSSR count). The van der Waals surface area contributed by atoms with Crippen LogP contribution in [0.1, 0.15) is 52.9 Å². The minimum Gasteiger partial charge on any atom is -0.405 e. The molecule has 1 N–H and O–H groups in total. The maximum absolute atomic E-state index is 11.6. The summed E-state index contributed by atoms with van der Waals surface area (Å²) in [6, 6.07) is 21.4. The van der Waals surface area contributed by atoms with E-state index >= 15 is 0 Å². The van der Waals surface area contributed by atoms with Crippen LogP contribution in [0.3, 0.4) is 0 Å². The first-order valence-electron chi connectivity index (χ1n) is 13.6. The minimum atomic E-state index is -2.67. The molecule has 1 saturated carbocycles. The Bertz CT molecular complexity index is 1020. The highest BCUT2D eigenvalue weighted by molar-refractivity contribution is 6.99. The average molecular weight is 521 g/mol. The summed E-state index contributed by atoms with van der Waals surface area (Å²) < 4.78 is 13.6. The molecule has 2 fully saturated rings. The first-order chi connectivity index (χ1) is 17.0. The summed E-state index contributed by atoms with van der Waals surface area (Å²) in [6.45, 7) is 14.1. The van der Waals surface area contributed by atoms with Crippen LogP contribution in [-0.4, -0.2) is 45.9 Å². The molecule has 0 aromatic heterocycles. The predicted molar refractivity (Wildman–Crippen MR) is 155 cm³/mol.